The third kappa shape index (κ3) is 9.38. The van der Waals surface area contributed by atoms with Gasteiger partial charge in [0.25, 0.3) is 0 Å². The van der Waals surface area contributed by atoms with Crippen molar-refractivity contribution >= 4 is 0 Å². The summed E-state index contributed by atoms with van der Waals surface area (Å²) in [6.45, 7) is 15.0. The van der Waals surface area contributed by atoms with Gasteiger partial charge in [0.15, 0.2) is 0 Å². The van der Waals surface area contributed by atoms with Gasteiger partial charge in [-0.3, -0.25) is 0 Å². The van der Waals surface area contributed by atoms with E-state index in [1.165, 1.54) is 77.9 Å². The van der Waals surface area contributed by atoms with Crippen LogP contribution in [-0.4, -0.2) is 0 Å². The van der Waals surface area contributed by atoms with Crippen LogP contribution in [0, 0.1) is 25.7 Å². The van der Waals surface area contributed by atoms with E-state index in [0.717, 1.165) is 31.4 Å². The van der Waals surface area contributed by atoms with Gasteiger partial charge in [-0.1, -0.05) is 183 Å². The van der Waals surface area contributed by atoms with Crippen LogP contribution in [0.4, 0.5) is 0 Å². The Hall–Kier alpha value is -5.92. The summed E-state index contributed by atoms with van der Waals surface area (Å²) in [6, 6.07) is 43.7. The zero-order valence-corrected chi connectivity index (χ0v) is 34.3. The Bertz CT molecular complexity index is 2390. The van der Waals surface area contributed by atoms with E-state index in [2.05, 4.69) is 205 Å². The topological polar surface area (TPSA) is 9.23 Å². The van der Waals surface area contributed by atoms with E-state index < -0.39 is 0 Å². The summed E-state index contributed by atoms with van der Waals surface area (Å²) in [7, 11) is 0. The van der Waals surface area contributed by atoms with Crippen LogP contribution in [0.2, 0.25) is 0 Å². The molecule has 286 valence electrons. The maximum absolute atomic E-state index is 5.82. The van der Waals surface area contributed by atoms with Crippen molar-refractivity contribution in [3.63, 3.8) is 0 Å². The molecule has 0 saturated heterocycles. The molecule has 3 aliphatic carbocycles. The lowest BCUT2D eigenvalue weighted by Crippen LogP contribution is -2.14. The fourth-order valence-corrected chi connectivity index (χ4v) is 8.61. The number of benzene rings is 5. The molecular formula is C56H56O. The molecule has 1 heteroatoms. The van der Waals surface area contributed by atoms with Crippen molar-refractivity contribution in [2.45, 2.75) is 66.2 Å². The van der Waals surface area contributed by atoms with Gasteiger partial charge in [0.1, 0.15) is 5.76 Å². The smallest absolute Gasteiger partial charge is 0.129 e. The van der Waals surface area contributed by atoms with Crippen LogP contribution in [0.1, 0.15) is 68.2 Å². The fraction of sp³-hybridized carbons (Fsp3) is 0.214. The van der Waals surface area contributed by atoms with Gasteiger partial charge in [-0.25, -0.2) is 0 Å². The summed E-state index contributed by atoms with van der Waals surface area (Å²) in [6.07, 6.45) is 21.8. The Morgan fingerprint density at radius 1 is 0.649 bits per heavy atom. The molecule has 57 heavy (non-hydrogen) atoms. The van der Waals surface area contributed by atoms with Crippen LogP contribution in [0.3, 0.4) is 0 Å². The van der Waals surface area contributed by atoms with Crippen LogP contribution in [0.25, 0.3) is 33.4 Å². The highest BCUT2D eigenvalue weighted by Gasteiger charge is 2.25. The minimum Gasteiger partial charge on any atom is -0.465 e. The average Bonchev–Trinajstić information content (AvgIpc) is 3.23. The first kappa shape index (κ1) is 39.3. The van der Waals surface area contributed by atoms with Crippen LogP contribution in [0.5, 0.6) is 0 Å². The van der Waals surface area contributed by atoms with Gasteiger partial charge in [-0.2, -0.15) is 0 Å². The molecule has 1 nitrogen and oxygen atoms in total. The molecule has 0 amide bonds. The summed E-state index contributed by atoms with van der Waals surface area (Å²) in [5.74, 6) is 2.32. The molecule has 5 aromatic rings. The quantitative estimate of drug-likeness (QED) is 0.137. The molecule has 0 saturated carbocycles. The highest BCUT2D eigenvalue weighted by molar-refractivity contribution is 5.77. The molecule has 0 heterocycles. The van der Waals surface area contributed by atoms with E-state index >= 15 is 0 Å². The van der Waals surface area contributed by atoms with Crippen LogP contribution in [-0.2, 0) is 11.2 Å². The Morgan fingerprint density at radius 3 is 1.98 bits per heavy atom. The van der Waals surface area contributed by atoms with Crippen molar-refractivity contribution in [3.8, 4) is 33.4 Å². The Labute approximate surface area is 341 Å². The first-order valence-corrected chi connectivity index (χ1v) is 20.6. The minimum absolute atomic E-state index is 0.400. The van der Waals surface area contributed by atoms with Crippen molar-refractivity contribution < 1.29 is 4.74 Å². The SMILES string of the molecule is C=COC1=C(C2=CC=C(Cc3ccc(-c4ccccc4)cc3C3C=CC=CC3C)CC2C)CCC(C)=C1.Cc1ccccc1-c1cc(-c2ccccc2)ccc1C. The van der Waals surface area contributed by atoms with E-state index in [1.807, 2.05) is 0 Å². The molecule has 3 atom stereocenters. The number of ether oxygens (including phenoxy) is 1. The largest absolute Gasteiger partial charge is 0.465 e. The molecule has 0 radical (unpaired) electrons. The Balaban J connectivity index is 0.000000208. The van der Waals surface area contributed by atoms with E-state index in [9.17, 15) is 0 Å². The van der Waals surface area contributed by atoms with E-state index in [0.29, 0.717) is 17.8 Å². The Morgan fingerprint density at radius 2 is 1.30 bits per heavy atom. The van der Waals surface area contributed by atoms with Crippen molar-refractivity contribution in [1.29, 1.82) is 0 Å². The van der Waals surface area contributed by atoms with E-state index in [4.69, 9.17) is 4.74 Å². The first-order valence-electron chi connectivity index (χ1n) is 20.6. The molecule has 3 aliphatic rings. The molecule has 3 unspecified atom stereocenters. The van der Waals surface area contributed by atoms with Gasteiger partial charge in [-0.15, -0.1) is 0 Å². The second-order valence-electron chi connectivity index (χ2n) is 16.0. The van der Waals surface area contributed by atoms with E-state index in [-0.39, 0.29) is 0 Å². The van der Waals surface area contributed by atoms with Gasteiger partial charge in [0.2, 0.25) is 0 Å². The van der Waals surface area contributed by atoms with Crippen molar-refractivity contribution in [1.82, 2.24) is 0 Å². The fourth-order valence-electron chi connectivity index (χ4n) is 8.61. The van der Waals surface area contributed by atoms with Gasteiger partial charge >= 0.3 is 0 Å². The van der Waals surface area contributed by atoms with Gasteiger partial charge in [-0.05, 0) is 137 Å². The third-order valence-corrected chi connectivity index (χ3v) is 11.8. The maximum atomic E-state index is 5.82. The number of allylic oxidation sites excluding steroid dienone is 11. The summed E-state index contributed by atoms with van der Waals surface area (Å²) >= 11 is 0. The van der Waals surface area contributed by atoms with Crippen LogP contribution < -0.4 is 0 Å². The third-order valence-electron chi connectivity index (χ3n) is 11.8. The van der Waals surface area contributed by atoms with Gasteiger partial charge in [0, 0.05) is 5.92 Å². The lowest BCUT2D eigenvalue weighted by molar-refractivity contribution is 0.358. The second kappa shape index (κ2) is 18.4. The molecule has 0 aromatic heterocycles. The standard InChI is InChI=1S/C36H38O.C20H18/c1-5-37-36-21-25(2)15-19-34(36)33-20-16-28(22-27(33)4)23-31-18-17-30(29-12-7-6-8-13-29)24-35(31)32-14-10-9-11-26(32)3;1-15-8-6-7-11-19(15)20-14-18(13-12-16(20)2)17-9-4-3-5-10-17/h5-14,16-18,20-21,24,26-27,32H,1,15,19,22-23H2,2-4H3;3-14H,1-2H3. The molecule has 0 N–H and O–H groups in total. The van der Waals surface area contributed by atoms with Crippen molar-refractivity contribution in [2.24, 2.45) is 11.8 Å². The summed E-state index contributed by atoms with van der Waals surface area (Å²) in [5, 5.41) is 0. The van der Waals surface area contributed by atoms with Gasteiger partial charge in [0.05, 0.1) is 6.26 Å². The average molecular weight is 745 g/mol. The summed E-state index contributed by atoms with van der Waals surface area (Å²) in [4.78, 5) is 0. The zero-order chi connectivity index (χ0) is 39.7. The number of hydrogen-bond donors (Lipinski definition) is 0. The number of rotatable bonds is 9. The minimum atomic E-state index is 0.400. The number of hydrogen-bond acceptors (Lipinski definition) is 1. The van der Waals surface area contributed by atoms with Gasteiger partial charge < -0.3 is 4.74 Å². The Kier molecular flexibility index (Phi) is 12.7. The monoisotopic (exact) mass is 744 g/mol. The molecule has 5 aromatic carbocycles. The predicted octanol–water partition coefficient (Wildman–Crippen LogP) is 15.4. The highest BCUT2D eigenvalue weighted by Crippen LogP contribution is 2.40. The summed E-state index contributed by atoms with van der Waals surface area (Å²) < 4.78 is 5.82. The maximum Gasteiger partial charge on any atom is 0.129 e. The molecular weight excluding hydrogens is 689 g/mol. The zero-order valence-electron chi connectivity index (χ0n) is 34.3. The lowest BCUT2D eigenvalue weighted by Gasteiger charge is -2.28. The van der Waals surface area contributed by atoms with Crippen LogP contribution in [0.15, 0.2) is 205 Å². The normalized spacial score (nSPS) is 18.8. The molecule has 0 fully saturated rings. The molecule has 0 aliphatic heterocycles. The number of aryl methyl sites for hydroxylation is 2. The first-order chi connectivity index (χ1) is 27.8. The predicted molar refractivity (Wildman–Crippen MR) is 244 cm³/mol. The van der Waals surface area contributed by atoms with Crippen molar-refractivity contribution in [3.05, 3.63) is 227 Å². The van der Waals surface area contributed by atoms with Crippen molar-refractivity contribution in [2.75, 3.05) is 0 Å². The molecule has 0 spiro atoms. The summed E-state index contributed by atoms with van der Waals surface area (Å²) in [5.41, 5.74) is 18.9. The lowest BCUT2D eigenvalue weighted by atomic mass is 9.77. The second-order valence-corrected chi connectivity index (χ2v) is 16.0. The van der Waals surface area contributed by atoms with Crippen LogP contribution >= 0.6 is 0 Å². The highest BCUT2D eigenvalue weighted by atomic mass is 16.5. The molecule has 8 rings (SSSR count). The van der Waals surface area contributed by atoms with E-state index in [1.54, 1.807) is 6.26 Å². The molecule has 0 bridgehead atoms.